The van der Waals surface area contributed by atoms with E-state index in [4.69, 9.17) is 25.8 Å². The van der Waals surface area contributed by atoms with Gasteiger partial charge in [0.15, 0.2) is 5.75 Å². The van der Waals surface area contributed by atoms with Gasteiger partial charge in [0.2, 0.25) is 11.8 Å². The Labute approximate surface area is 310 Å². The molecule has 1 aliphatic rings. The van der Waals surface area contributed by atoms with E-state index in [-0.39, 0.29) is 11.7 Å². The van der Waals surface area contributed by atoms with E-state index in [9.17, 15) is 9.18 Å². The molecule has 0 saturated carbocycles. The topological polar surface area (TPSA) is 64.1 Å². The average Bonchev–Trinajstić information content (AvgIpc) is 3.16. The summed E-state index contributed by atoms with van der Waals surface area (Å²) in [4.78, 5) is 21.7. The summed E-state index contributed by atoms with van der Waals surface area (Å²) < 4.78 is 30.6. The lowest BCUT2D eigenvalue weighted by Gasteiger charge is -2.34. The smallest absolute Gasteiger partial charge is 0.246 e. The molecule has 0 unspecified atom stereocenters. The summed E-state index contributed by atoms with van der Waals surface area (Å²) in [6.45, 7) is 8.83. The fourth-order valence-corrected chi connectivity index (χ4v) is 6.23. The van der Waals surface area contributed by atoms with Gasteiger partial charge in [-0.1, -0.05) is 65.7 Å². The Hall–Kier alpha value is -5.18. The van der Waals surface area contributed by atoms with Crippen molar-refractivity contribution in [2.75, 3.05) is 32.8 Å². The molecule has 0 aliphatic carbocycles. The average molecular weight is 720 g/mol. The molecule has 0 atom stereocenters. The number of piperazine rings is 1. The molecule has 1 amide bonds. The summed E-state index contributed by atoms with van der Waals surface area (Å²) >= 11 is 6.63. The van der Waals surface area contributed by atoms with Crippen LogP contribution >= 0.6 is 11.6 Å². The number of aromatic nitrogens is 1. The van der Waals surface area contributed by atoms with Gasteiger partial charge in [0.1, 0.15) is 23.9 Å². The van der Waals surface area contributed by atoms with Gasteiger partial charge < -0.3 is 19.1 Å². The second-order valence-corrected chi connectivity index (χ2v) is 13.4. The van der Waals surface area contributed by atoms with Crippen LogP contribution in [0.5, 0.6) is 23.1 Å². The molecule has 1 aromatic heterocycles. The Balaban J connectivity index is 0.918. The van der Waals surface area contributed by atoms with Crippen LogP contribution in [0.15, 0.2) is 109 Å². The van der Waals surface area contributed by atoms with E-state index >= 15 is 0 Å². The molecule has 1 aliphatic heterocycles. The second kappa shape index (κ2) is 17.8. The molecule has 6 rings (SSSR count). The number of ether oxygens (including phenoxy) is 3. The van der Waals surface area contributed by atoms with Crippen molar-refractivity contribution in [3.05, 3.63) is 154 Å². The maximum atomic E-state index is 13.0. The molecular weight excluding hydrogens is 677 g/mol. The van der Waals surface area contributed by atoms with Crippen LogP contribution in [0.25, 0.3) is 6.08 Å². The van der Waals surface area contributed by atoms with Crippen LogP contribution in [-0.4, -0.2) is 53.5 Å². The SMILES string of the molecule is Cc1ccc(COc2ccc(Oc3c(C)cc(/C=C/C(=O)N4CCN(Cc5ccc(CCCOc6ccc(F)cc6)cc5)CC4)cc3Cl)nc2)cc1. The van der Waals surface area contributed by atoms with Crippen molar-refractivity contribution in [3.8, 4) is 23.1 Å². The van der Waals surface area contributed by atoms with Crippen molar-refractivity contribution < 1.29 is 23.4 Å². The molecule has 1 fully saturated rings. The number of nitrogens with zero attached hydrogens (tertiary/aromatic N) is 3. The fraction of sp³-hybridized carbons (Fsp3) is 0.256. The predicted octanol–water partition coefficient (Wildman–Crippen LogP) is 9.23. The van der Waals surface area contributed by atoms with E-state index in [1.54, 1.807) is 42.6 Å². The molecule has 9 heteroatoms. The quantitative estimate of drug-likeness (QED) is 0.0843. The molecule has 7 nitrogen and oxygen atoms in total. The Kier molecular flexibility index (Phi) is 12.6. The first-order chi connectivity index (χ1) is 25.3. The normalized spacial score (nSPS) is 13.3. The summed E-state index contributed by atoms with van der Waals surface area (Å²) in [5, 5.41) is 0.436. The number of pyridine rings is 1. The first-order valence-corrected chi connectivity index (χ1v) is 17.9. The third-order valence-corrected chi connectivity index (χ3v) is 9.20. The number of aryl methyl sites for hydroxylation is 3. The molecular formula is C43H43ClFN3O4. The van der Waals surface area contributed by atoms with Crippen LogP contribution in [-0.2, 0) is 24.4 Å². The van der Waals surface area contributed by atoms with Crippen LogP contribution in [0.4, 0.5) is 4.39 Å². The van der Waals surface area contributed by atoms with Gasteiger partial charge in [-0.2, -0.15) is 0 Å². The number of benzene rings is 4. The van der Waals surface area contributed by atoms with E-state index in [1.807, 2.05) is 36.1 Å². The highest BCUT2D eigenvalue weighted by atomic mass is 35.5. The van der Waals surface area contributed by atoms with Gasteiger partial charge in [-0.3, -0.25) is 9.69 Å². The van der Waals surface area contributed by atoms with Crippen LogP contribution < -0.4 is 14.2 Å². The minimum absolute atomic E-state index is 0.0181. The summed E-state index contributed by atoms with van der Waals surface area (Å²) in [5.74, 6) is 1.97. The van der Waals surface area contributed by atoms with Crippen molar-refractivity contribution in [1.29, 1.82) is 0 Å². The summed E-state index contributed by atoms with van der Waals surface area (Å²) in [5.41, 5.74) is 6.45. The van der Waals surface area contributed by atoms with E-state index in [0.717, 1.165) is 49.2 Å². The molecule has 4 aromatic carbocycles. The van der Waals surface area contributed by atoms with Gasteiger partial charge in [0, 0.05) is 44.9 Å². The standard InChI is InChI=1S/C43H43ClFN3O4/c1-31-5-7-35(8-6-31)30-51-39-18-19-41(46-28-39)52-43-32(2)26-36(27-40(43)44)13-20-42(49)48-23-21-47(22-24-48)29-34-11-9-33(10-12-34)4-3-25-50-38-16-14-37(45)15-17-38/h5-20,26-28H,3-4,21-25,29-30H2,1-2H3/b20-13+. The van der Waals surface area contributed by atoms with Crippen LogP contribution in [0, 0.1) is 19.7 Å². The lowest BCUT2D eigenvalue weighted by Crippen LogP contribution is -2.47. The van der Waals surface area contributed by atoms with Crippen LogP contribution in [0.1, 0.15) is 39.8 Å². The third kappa shape index (κ3) is 10.7. The number of hydrogen-bond acceptors (Lipinski definition) is 6. The Bertz CT molecular complexity index is 1920. The predicted molar refractivity (Wildman–Crippen MR) is 204 cm³/mol. The fourth-order valence-electron chi connectivity index (χ4n) is 5.92. The van der Waals surface area contributed by atoms with Crippen LogP contribution in [0.3, 0.4) is 0 Å². The maximum Gasteiger partial charge on any atom is 0.246 e. The Morgan fingerprint density at radius 1 is 0.827 bits per heavy atom. The summed E-state index contributed by atoms with van der Waals surface area (Å²) in [6, 6.07) is 30.3. The second-order valence-electron chi connectivity index (χ2n) is 13.0. The van der Waals surface area contributed by atoms with Crippen molar-refractivity contribution in [2.45, 2.75) is 39.8 Å². The van der Waals surface area contributed by atoms with Crippen molar-refractivity contribution in [3.63, 3.8) is 0 Å². The van der Waals surface area contributed by atoms with Gasteiger partial charge >= 0.3 is 0 Å². The van der Waals surface area contributed by atoms with Crippen molar-refractivity contribution in [2.24, 2.45) is 0 Å². The van der Waals surface area contributed by atoms with E-state index < -0.39 is 0 Å². The first-order valence-electron chi connectivity index (χ1n) is 17.6. The number of halogens is 2. The lowest BCUT2D eigenvalue weighted by molar-refractivity contribution is -0.127. The minimum atomic E-state index is -0.263. The van der Waals surface area contributed by atoms with E-state index in [1.165, 1.54) is 28.8 Å². The number of carbonyl (C=O) groups excluding carboxylic acids is 1. The van der Waals surface area contributed by atoms with E-state index in [2.05, 4.69) is 53.2 Å². The highest BCUT2D eigenvalue weighted by Crippen LogP contribution is 2.34. The van der Waals surface area contributed by atoms with Gasteiger partial charge in [-0.15, -0.1) is 0 Å². The highest BCUT2D eigenvalue weighted by Gasteiger charge is 2.20. The highest BCUT2D eigenvalue weighted by molar-refractivity contribution is 6.32. The van der Waals surface area contributed by atoms with Crippen LogP contribution in [0.2, 0.25) is 5.02 Å². The van der Waals surface area contributed by atoms with Gasteiger partial charge in [-0.25, -0.2) is 9.37 Å². The molecule has 0 N–H and O–H groups in total. The zero-order valence-corrected chi connectivity index (χ0v) is 30.3. The molecule has 0 bridgehead atoms. The molecule has 0 radical (unpaired) electrons. The monoisotopic (exact) mass is 719 g/mol. The van der Waals surface area contributed by atoms with Gasteiger partial charge in [-0.05, 0) is 103 Å². The maximum absolute atomic E-state index is 13.0. The number of carbonyl (C=O) groups is 1. The number of hydrogen-bond donors (Lipinski definition) is 0. The lowest BCUT2D eigenvalue weighted by atomic mass is 10.1. The number of rotatable bonds is 14. The largest absolute Gasteiger partial charge is 0.494 e. The van der Waals surface area contributed by atoms with Gasteiger partial charge in [0.05, 0.1) is 17.8 Å². The van der Waals surface area contributed by atoms with Crippen molar-refractivity contribution in [1.82, 2.24) is 14.8 Å². The summed E-state index contributed by atoms with van der Waals surface area (Å²) in [6.07, 6.45) is 6.84. The zero-order chi connectivity index (χ0) is 36.3. The molecule has 1 saturated heterocycles. The van der Waals surface area contributed by atoms with Gasteiger partial charge in [0.25, 0.3) is 0 Å². The molecule has 268 valence electrons. The molecule has 5 aromatic rings. The summed E-state index contributed by atoms with van der Waals surface area (Å²) in [7, 11) is 0. The third-order valence-electron chi connectivity index (χ3n) is 8.92. The minimum Gasteiger partial charge on any atom is -0.494 e. The molecule has 0 spiro atoms. The zero-order valence-electron chi connectivity index (χ0n) is 29.6. The molecule has 2 heterocycles. The van der Waals surface area contributed by atoms with Crippen molar-refractivity contribution >= 4 is 23.6 Å². The first kappa shape index (κ1) is 36.6. The van der Waals surface area contributed by atoms with E-state index in [0.29, 0.717) is 54.5 Å². The number of amides is 1. The molecule has 52 heavy (non-hydrogen) atoms. The Morgan fingerprint density at radius 2 is 1.52 bits per heavy atom. The Morgan fingerprint density at radius 3 is 2.21 bits per heavy atom.